The monoisotopic (exact) mass is 1160 g/mol. The summed E-state index contributed by atoms with van der Waals surface area (Å²) >= 11 is 5.83. The van der Waals surface area contributed by atoms with E-state index in [2.05, 4.69) is 323 Å². The largest absolute Gasteiger partial charge is 0.311 e. The first-order valence-corrected chi connectivity index (χ1v) is 32.2. The number of benzene rings is 13. The first kappa shape index (κ1) is 50.4. The highest BCUT2D eigenvalue weighted by Crippen LogP contribution is 2.54. The van der Waals surface area contributed by atoms with E-state index in [0.717, 1.165) is 45.5 Å². The van der Waals surface area contributed by atoms with Crippen LogP contribution in [0.5, 0.6) is 0 Å². The number of fused-ring (bicyclic) bond motifs is 11. The highest BCUT2D eigenvalue weighted by molar-refractivity contribution is 8.01. The minimum Gasteiger partial charge on any atom is -0.311 e. The predicted molar refractivity (Wildman–Crippen MR) is 374 cm³/mol. The fourth-order valence-corrected chi connectivity index (χ4v) is 18.2. The van der Waals surface area contributed by atoms with Crippen molar-refractivity contribution in [3.05, 3.63) is 303 Å². The van der Waals surface area contributed by atoms with E-state index < -0.39 is 0 Å². The van der Waals surface area contributed by atoms with E-state index in [-0.39, 0.29) is 13.4 Å². The molecule has 0 saturated carbocycles. The molecule has 4 aliphatic rings. The third kappa shape index (κ3) is 7.96. The highest BCUT2D eigenvalue weighted by Gasteiger charge is 2.48. The maximum atomic E-state index is 2.68. The van der Waals surface area contributed by atoms with Gasteiger partial charge in [-0.05, 0) is 149 Å². The summed E-state index contributed by atoms with van der Waals surface area (Å²) in [7, 11) is 0. The molecule has 0 saturated heterocycles. The quantitative estimate of drug-likeness (QED) is 0.133. The molecule has 13 aromatic carbocycles. The molecule has 18 rings (SSSR count). The van der Waals surface area contributed by atoms with Gasteiger partial charge >= 0.3 is 0 Å². The molecular formula is C78H50B2N4S3. The maximum Gasteiger partial charge on any atom is 0.249 e. The number of para-hydroxylation sites is 8. The zero-order chi connectivity index (χ0) is 57.1. The molecule has 0 radical (unpaired) electrons. The molecule has 0 atom stereocenters. The lowest BCUT2D eigenvalue weighted by Crippen LogP contribution is -2.64. The smallest absolute Gasteiger partial charge is 0.249 e. The maximum absolute atomic E-state index is 2.68. The average molecular weight is 1160 g/mol. The lowest BCUT2D eigenvalue weighted by molar-refractivity contribution is 1.22. The van der Waals surface area contributed by atoms with E-state index >= 15 is 0 Å². The third-order valence-electron chi connectivity index (χ3n) is 17.9. The second-order valence-corrected chi connectivity index (χ2v) is 25.8. The van der Waals surface area contributed by atoms with E-state index in [4.69, 9.17) is 0 Å². The lowest BCUT2D eigenvalue weighted by Gasteiger charge is -2.44. The van der Waals surface area contributed by atoms with Crippen LogP contribution in [0.15, 0.2) is 323 Å². The van der Waals surface area contributed by atoms with Crippen LogP contribution in [0.2, 0.25) is 0 Å². The van der Waals surface area contributed by atoms with Crippen molar-refractivity contribution in [3.8, 4) is 11.1 Å². The molecule has 5 heterocycles. The van der Waals surface area contributed by atoms with E-state index in [1.54, 1.807) is 0 Å². The van der Waals surface area contributed by atoms with Crippen molar-refractivity contribution in [2.24, 2.45) is 0 Å². The second-order valence-electron chi connectivity index (χ2n) is 22.7. The van der Waals surface area contributed by atoms with Gasteiger partial charge in [0.1, 0.15) is 0 Å². The molecule has 9 heteroatoms. The van der Waals surface area contributed by atoms with Crippen molar-refractivity contribution >= 4 is 169 Å². The van der Waals surface area contributed by atoms with Gasteiger partial charge in [-0.2, -0.15) is 0 Å². The lowest BCUT2D eigenvalue weighted by atomic mass is 9.31. The SMILES string of the molecule is c1ccc(N(c2ccccc2)c2cc3c4c(c2)N(c2ccccc2)c2ccccc2B4c2cc4c(c(-c5cccc6sc7ccccc7c56)c2S3)Sc2cc(N(c3ccccc3)c3ccccc3)cc3c2B4c2ccccc2N3c2ccccc2)cc1. The van der Waals surface area contributed by atoms with Gasteiger partial charge in [-0.3, -0.25) is 0 Å². The number of hydrogen-bond acceptors (Lipinski definition) is 7. The van der Waals surface area contributed by atoms with Crippen LogP contribution < -0.4 is 52.4 Å². The second kappa shape index (κ2) is 20.4. The molecule has 0 aliphatic carbocycles. The standard InChI is InChI=1S/C78H50B2N4S3/c1-7-26-51(27-8-1)81(52-28-9-2-10-29-52)57-46-67-75-71(48-57)86-77-63(79(75)61-40-20-22-42-65(61)83(67)55-34-15-5-16-35-55)50-64-78(74(77)60-39-25-45-70-73(60)59-38-19-24-44-69(59)85-70)87-72-49-58(82(53-30-11-3-12-31-53)54-32-13-4-14-33-54)47-68-76(72)80(64)62-41-21-23-43-66(62)84(68)56-36-17-6-18-37-56/h1-50H. The van der Waals surface area contributed by atoms with Crippen molar-refractivity contribution in [1.29, 1.82) is 0 Å². The van der Waals surface area contributed by atoms with Crippen LogP contribution in [-0.4, -0.2) is 13.4 Å². The summed E-state index contributed by atoms with van der Waals surface area (Å²) in [6, 6.07) is 113. The Bertz CT molecular complexity index is 4690. The van der Waals surface area contributed by atoms with Crippen LogP contribution in [0.25, 0.3) is 31.3 Å². The molecule has 14 aromatic rings. The minimum atomic E-state index is -0.0981. The molecule has 4 aliphatic heterocycles. The zero-order valence-corrected chi connectivity index (χ0v) is 49.5. The molecule has 0 amide bonds. The van der Waals surface area contributed by atoms with Crippen LogP contribution in [0.1, 0.15) is 0 Å². The fourth-order valence-electron chi connectivity index (χ4n) is 14.4. The van der Waals surface area contributed by atoms with Crippen LogP contribution in [-0.2, 0) is 0 Å². The number of nitrogens with zero attached hydrogens (tertiary/aromatic N) is 4. The van der Waals surface area contributed by atoms with Crippen LogP contribution in [0, 0.1) is 0 Å². The summed E-state index contributed by atoms with van der Waals surface area (Å²) in [5, 5.41) is 2.61. The Morgan fingerprint density at radius 2 is 0.690 bits per heavy atom. The normalized spacial score (nSPS) is 13.1. The summed E-state index contributed by atoms with van der Waals surface area (Å²) in [5.41, 5.74) is 24.2. The molecule has 87 heavy (non-hydrogen) atoms. The van der Waals surface area contributed by atoms with Crippen molar-refractivity contribution in [2.75, 3.05) is 19.6 Å². The molecule has 0 spiro atoms. The van der Waals surface area contributed by atoms with Crippen molar-refractivity contribution in [3.63, 3.8) is 0 Å². The molecule has 0 unspecified atom stereocenters. The molecule has 4 nitrogen and oxygen atoms in total. The Morgan fingerprint density at radius 3 is 1.15 bits per heavy atom. The van der Waals surface area contributed by atoms with Gasteiger partial charge in [0, 0.05) is 114 Å². The highest BCUT2D eigenvalue weighted by atomic mass is 32.2. The van der Waals surface area contributed by atoms with Gasteiger partial charge in [0.2, 0.25) is 13.4 Å². The first-order valence-electron chi connectivity index (χ1n) is 29.7. The predicted octanol–water partition coefficient (Wildman–Crippen LogP) is 18.2. The van der Waals surface area contributed by atoms with Gasteiger partial charge < -0.3 is 19.6 Å². The summed E-state index contributed by atoms with van der Waals surface area (Å²) in [6.07, 6.45) is 0. The summed E-state index contributed by atoms with van der Waals surface area (Å²) in [6.45, 7) is -0.196. The molecule has 0 bridgehead atoms. The minimum absolute atomic E-state index is 0.0981. The molecule has 1 aromatic heterocycles. The van der Waals surface area contributed by atoms with E-state index in [0.29, 0.717) is 0 Å². The van der Waals surface area contributed by atoms with Gasteiger partial charge in [0.05, 0.1) is 0 Å². The summed E-state index contributed by atoms with van der Waals surface area (Å²) < 4.78 is 2.59. The van der Waals surface area contributed by atoms with Gasteiger partial charge in [-0.15, -0.1) is 11.3 Å². The Labute approximate surface area is 519 Å². The van der Waals surface area contributed by atoms with Gasteiger partial charge in [0.25, 0.3) is 0 Å². The topological polar surface area (TPSA) is 13.0 Å². The Morgan fingerprint density at radius 1 is 0.299 bits per heavy atom. The fraction of sp³-hybridized carbons (Fsp3) is 0. The van der Waals surface area contributed by atoms with Crippen LogP contribution in [0.3, 0.4) is 0 Å². The van der Waals surface area contributed by atoms with Gasteiger partial charge in [-0.25, -0.2) is 0 Å². The number of thiophene rings is 1. The van der Waals surface area contributed by atoms with Crippen LogP contribution in [0.4, 0.5) is 68.2 Å². The Balaban J connectivity index is 0.964. The van der Waals surface area contributed by atoms with Gasteiger partial charge in [0.15, 0.2) is 0 Å². The molecular weight excluding hydrogens is 1110 g/mol. The van der Waals surface area contributed by atoms with E-state index in [9.17, 15) is 0 Å². The van der Waals surface area contributed by atoms with E-state index in [1.807, 2.05) is 34.9 Å². The van der Waals surface area contributed by atoms with Gasteiger partial charge in [-0.1, -0.05) is 216 Å². The summed E-state index contributed by atoms with van der Waals surface area (Å²) in [5.74, 6) is 0. The van der Waals surface area contributed by atoms with E-state index in [1.165, 1.54) is 106 Å². The number of anilines is 12. The number of rotatable bonds is 9. The Hall–Kier alpha value is -9.89. The summed E-state index contributed by atoms with van der Waals surface area (Å²) in [4.78, 5) is 15.1. The van der Waals surface area contributed by atoms with Crippen LogP contribution >= 0.6 is 34.9 Å². The van der Waals surface area contributed by atoms with Crippen molar-refractivity contribution in [2.45, 2.75) is 19.6 Å². The molecule has 0 fully saturated rings. The Kier molecular flexibility index (Phi) is 11.8. The zero-order valence-electron chi connectivity index (χ0n) is 47.0. The van der Waals surface area contributed by atoms with Crippen molar-refractivity contribution < 1.29 is 0 Å². The average Bonchev–Trinajstić information content (AvgIpc) is 0.831. The van der Waals surface area contributed by atoms with Crippen molar-refractivity contribution in [1.82, 2.24) is 0 Å². The molecule has 0 N–H and O–H groups in total. The molecule has 406 valence electrons. The first-order chi connectivity index (χ1) is 43.2. The third-order valence-corrected chi connectivity index (χ3v) is 21.4. The number of hydrogen-bond donors (Lipinski definition) is 0.